The molecule has 0 amide bonds. The van der Waals surface area contributed by atoms with Crippen molar-refractivity contribution < 1.29 is 4.79 Å². The molecule has 0 aliphatic carbocycles. The highest BCUT2D eigenvalue weighted by molar-refractivity contribution is 9.09. The summed E-state index contributed by atoms with van der Waals surface area (Å²) in [7, 11) is 4.61. The fourth-order valence-electron chi connectivity index (χ4n) is 0. The van der Waals surface area contributed by atoms with E-state index in [1.54, 1.807) is 0 Å². The normalized spacial score (nSPS) is 7.40. The molecule has 2 radical (unpaired) electrons. The molecule has 0 N–H and O–H groups in total. The summed E-state index contributed by atoms with van der Waals surface area (Å²) in [6.07, 6.45) is 0. The maximum absolute atomic E-state index is 9.54. The van der Waals surface area contributed by atoms with Gasteiger partial charge in [-0.25, -0.2) is 0 Å². The summed E-state index contributed by atoms with van der Waals surface area (Å²) in [5.74, 6) is 0. The van der Waals surface area contributed by atoms with Gasteiger partial charge in [0.05, 0.1) is 11.0 Å². The summed E-state index contributed by atoms with van der Waals surface area (Å²) in [5, 5.41) is 0.257. The first-order valence-electron chi connectivity index (χ1n) is 1.11. The molecule has 0 bridgehead atoms. The summed E-state index contributed by atoms with van der Waals surface area (Å²) >= 11 is 2.84. The number of hydrogen-bond donors (Lipinski definition) is 0. The average molecular weight is 133 g/mol. The van der Waals surface area contributed by atoms with Crippen molar-refractivity contribution >= 4 is 29.5 Å². The molecule has 1 nitrogen and oxygen atoms in total. The molecule has 0 atom stereocenters. The van der Waals surface area contributed by atoms with E-state index >= 15 is 0 Å². The van der Waals surface area contributed by atoms with Gasteiger partial charge in [0.25, 0.3) is 0 Å². The molecule has 0 heterocycles. The second kappa shape index (κ2) is 2.45. The molecule has 0 spiro atoms. The molecule has 0 aliphatic rings. The van der Waals surface area contributed by atoms with Crippen molar-refractivity contribution in [3.8, 4) is 0 Å². The Balaban J connectivity index is 2.85. The zero-order valence-corrected chi connectivity index (χ0v) is 4.16. The quantitative estimate of drug-likeness (QED) is 0.365. The molecule has 5 heavy (non-hydrogen) atoms. The molecular formula is C2H2BBrO. The Labute approximate surface area is 40.3 Å². The van der Waals surface area contributed by atoms with Crippen molar-refractivity contribution in [2.75, 3.05) is 5.33 Å². The Hall–Kier alpha value is 0.215. The van der Waals surface area contributed by atoms with E-state index in [2.05, 4.69) is 23.8 Å². The van der Waals surface area contributed by atoms with Gasteiger partial charge >= 0.3 is 0 Å². The Morgan fingerprint density at radius 2 is 2.20 bits per heavy atom. The third-order valence-corrected chi connectivity index (χ3v) is 0.684. The highest BCUT2D eigenvalue weighted by Crippen LogP contribution is 1.73. The zero-order valence-electron chi connectivity index (χ0n) is 2.57. The molecule has 0 saturated carbocycles. The number of halogens is 1. The minimum Gasteiger partial charge on any atom is -0.312 e. The van der Waals surface area contributed by atoms with Gasteiger partial charge in [0, 0.05) is 0 Å². The van der Waals surface area contributed by atoms with Crippen LogP contribution in [0.25, 0.3) is 0 Å². The number of carbonyl (C=O) groups is 1. The molecule has 0 fully saturated rings. The van der Waals surface area contributed by atoms with Crippen LogP contribution in [0.5, 0.6) is 0 Å². The fraction of sp³-hybridized carbons (Fsp3) is 0.500. The van der Waals surface area contributed by atoms with Crippen molar-refractivity contribution in [3.05, 3.63) is 0 Å². The monoisotopic (exact) mass is 132 g/mol. The zero-order chi connectivity index (χ0) is 4.28. The van der Waals surface area contributed by atoms with Gasteiger partial charge in [0.15, 0.2) is 7.85 Å². The van der Waals surface area contributed by atoms with Gasteiger partial charge in [-0.2, -0.15) is 0 Å². The van der Waals surface area contributed by atoms with Gasteiger partial charge in [0.1, 0.15) is 0 Å². The lowest BCUT2D eigenvalue weighted by Crippen LogP contribution is -1.93. The number of carbonyl (C=O) groups excluding carboxylic acids is 1. The van der Waals surface area contributed by atoms with Crippen LogP contribution in [0.4, 0.5) is 0 Å². The average Bonchev–Trinajstić information content (AvgIpc) is 1.38. The summed E-state index contributed by atoms with van der Waals surface area (Å²) in [6, 6.07) is 0. The van der Waals surface area contributed by atoms with Crippen molar-refractivity contribution in [2.45, 2.75) is 0 Å². The first kappa shape index (κ1) is 5.21. The minimum atomic E-state index is -0.329. The number of alkyl halides is 1. The van der Waals surface area contributed by atoms with E-state index < -0.39 is 0 Å². The topological polar surface area (TPSA) is 17.1 Å². The van der Waals surface area contributed by atoms with Gasteiger partial charge < -0.3 is 4.79 Å². The van der Waals surface area contributed by atoms with E-state index in [0.29, 0.717) is 0 Å². The third kappa shape index (κ3) is 4.21. The molecule has 3 heteroatoms. The van der Waals surface area contributed by atoms with E-state index in [1.165, 1.54) is 0 Å². The van der Waals surface area contributed by atoms with Crippen LogP contribution in [0.1, 0.15) is 0 Å². The van der Waals surface area contributed by atoms with Gasteiger partial charge in [-0.15, -0.1) is 0 Å². The first-order chi connectivity index (χ1) is 2.27. The Morgan fingerprint density at radius 1 is 2.00 bits per heavy atom. The van der Waals surface area contributed by atoms with Crippen LogP contribution in [-0.2, 0) is 4.79 Å². The van der Waals surface area contributed by atoms with Crippen LogP contribution in [0, 0.1) is 0 Å². The first-order valence-corrected chi connectivity index (χ1v) is 2.24. The predicted molar refractivity (Wildman–Crippen MR) is 24.6 cm³/mol. The summed E-state index contributed by atoms with van der Waals surface area (Å²) in [4.78, 5) is 9.54. The third-order valence-electron chi connectivity index (χ3n) is 0.132. The highest BCUT2D eigenvalue weighted by Gasteiger charge is 1.78. The van der Waals surface area contributed by atoms with Crippen LogP contribution in [0.15, 0.2) is 0 Å². The Morgan fingerprint density at radius 3 is 2.20 bits per heavy atom. The van der Waals surface area contributed by atoms with Gasteiger partial charge in [-0.3, -0.25) is 0 Å². The lowest BCUT2D eigenvalue weighted by Gasteiger charge is -1.70. The molecule has 0 aromatic heterocycles. The van der Waals surface area contributed by atoms with Gasteiger partial charge in [-0.1, -0.05) is 15.9 Å². The van der Waals surface area contributed by atoms with Crippen LogP contribution in [0.3, 0.4) is 0 Å². The van der Waals surface area contributed by atoms with Crippen LogP contribution < -0.4 is 0 Å². The fourth-order valence-corrected chi connectivity index (χ4v) is 0. The standard InChI is InChI=1S/C2H2BBrO/c3-2(5)1-4/h1H2. The van der Waals surface area contributed by atoms with E-state index in [1.807, 2.05) is 0 Å². The maximum Gasteiger partial charge on any atom is 0.169 e. The molecule has 26 valence electrons. The smallest absolute Gasteiger partial charge is 0.169 e. The number of hydrogen-bond acceptors (Lipinski definition) is 1. The summed E-state index contributed by atoms with van der Waals surface area (Å²) < 4.78 is 0. The lowest BCUT2D eigenvalue weighted by atomic mass is 10.1. The van der Waals surface area contributed by atoms with E-state index in [0.717, 1.165) is 0 Å². The highest BCUT2D eigenvalue weighted by atomic mass is 79.9. The van der Waals surface area contributed by atoms with Crippen LogP contribution >= 0.6 is 15.9 Å². The second-order valence-corrected chi connectivity index (χ2v) is 1.16. The van der Waals surface area contributed by atoms with Gasteiger partial charge in [-0.05, 0) is 0 Å². The Kier molecular flexibility index (Phi) is 2.56. The largest absolute Gasteiger partial charge is 0.312 e. The number of rotatable bonds is 1. The predicted octanol–water partition coefficient (Wildman–Crippen LogP) is 0.0764. The van der Waals surface area contributed by atoms with Crippen molar-refractivity contribution in [3.63, 3.8) is 0 Å². The molecule has 0 unspecified atom stereocenters. The SMILES string of the molecule is [B]C(=O)CBr. The van der Waals surface area contributed by atoms with E-state index in [4.69, 9.17) is 0 Å². The van der Waals surface area contributed by atoms with Crippen LogP contribution in [0.2, 0.25) is 0 Å². The van der Waals surface area contributed by atoms with E-state index in [9.17, 15) is 4.79 Å². The van der Waals surface area contributed by atoms with Crippen LogP contribution in [-0.4, -0.2) is 18.9 Å². The summed E-state index contributed by atoms with van der Waals surface area (Å²) in [5.41, 5.74) is -0.329. The second-order valence-electron chi connectivity index (χ2n) is 0.600. The minimum absolute atomic E-state index is 0.257. The Bertz CT molecular complexity index is 44.9. The molecule has 0 rings (SSSR count). The molecule has 0 aromatic rings. The molecule has 0 aliphatic heterocycles. The molecule has 0 saturated heterocycles. The van der Waals surface area contributed by atoms with Crippen molar-refractivity contribution in [2.24, 2.45) is 0 Å². The maximum atomic E-state index is 9.54. The lowest BCUT2D eigenvalue weighted by molar-refractivity contribution is -0.109. The van der Waals surface area contributed by atoms with E-state index in [-0.39, 0.29) is 11.0 Å². The van der Waals surface area contributed by atoms with Crippen molar-refractivity contribution in [1.29, 1.82) is 0 Å². The molecular weight excluding hydrogens is 131 g/mol. The summed E-state index contributed by atoms with van der Waals surface area (Å²) in [6.45, 7) is 0. The van der Waals surface area contributed by atoms with Crippen molar-refractivity contribution in [1.82, 2.24) is 0 Å². The molecule has 0 aromatic carbocycles. The van der Waals surface area contributed by atoms with Gasteiger partial charge in [0.2, 0.25) is 0 Å².